The third-order valence-corrected chi connectivity index (χ3v) is 3.23. The van der Waals surface area contributed by atoms with Crippen LogP contribution in [0.25, 0.3) is 10.8 Å². The molecule has 2 aromatic carbocycles. The molecular formula is C17H13N3. The standard InChI is InChI=1S/C17H13N3/c18-10-13-8-9-17(19-11-13)20-12-15-6-3-5-14-4-1-2-7-16(14)15/h1-9,11H,12H2,(H,19,20). The van der Waals surface area contributed by atoms with E-state index in [1.165, 1.54) is 16.3 Å². The van der Waals surface area contributed by atoms with E-state index in [0.29, 0.717) is 12.1 Å². The maximum atomic E-state index is 8.74. The van der Waals surface area contributed by atoms with E-state index in [0.717, 1.165) is 5.82 Å². The Hall–Kier alpha value is -2.86. The third kappa shape index (κ3) is 2.45. The maximum Gasteiger partial charge on any atom is 0.126 e. The Balaban J connectivity index is 1.81. The first-order valence-electron chi connectivity index (χ1n) is 6.43. The lowest BCUT2D eigenvalue weighted by Crippen LogP contribution is -2.01. The fourth-order valence-electron chi connectivity index (χ4n) is 2.20. The van der Waals surface area contributed by atoms with Crippen LogP contribution in [0.4, 0.5) is 5.82 Å². The molecule has 0 unspecified atom stereocenters. The first-order chi connectivity index (χ1) is 9.86. The highest BCUT2D eigenvalue weighted by Gasteiger charge is 2.01. The lowest BCUT2D eigenvalue weighted by molar-refractivity contribution is 1.12. The summed E-state index contributed by atoms with van der Waals surface area (Å²) in [7, 11) is 0. The quantitative estimate of drug-likeness (QED) is 0.779. The number of benzene rings is 2. The average molecular weight is 259 g/mol. The Morgan fingerprint density at radius 3 is 2.65 bits per heavy atom. The van der Waals surface area contributed by atoms with Gasteiger partial charge in [-0.05, 0) is 28.5 Å². The van der Waals surface area contributed by atoms with E-state index in [9.17, 15) is 0 Å². The fourth-order valence-corrected chi connectivity index (χ4v) is 2.20. The van der Waals surface area contributed by atoms with E-state index in [1.807, 2.05) is 18.2 Å². The Morgan fingerprint density at radius 1 is 1.00 bits per heavy atom. The van der Waals surface area contributed by atoms with Crippen molar-refractivity contribution in [3.8, 4) is 6.07 Å². The first kappa shape index (κ1) is 12.2. The SMILES string of the molecule is N#Cc1ccc(NCc2cccc3ccccc23)nc1. The van der Waals surface area contributed by atoms with Crippen LogP contribution in [0.3, 0.4) is 0 Å². The van der Waals surface area contributed by atoms with Crippen molar-refractivity contribution in [1.29, 1.82) is 5.26 Å². The zero-order valence-electron chi connectivity index (χ0n) is 10.9. The van der Waals surface area contributed by atoms with Crippen molar-refractivity contribution in [2.45, 2.75) is 6.54 Å². The Kier molecular flexibility index (Phi) is 3.30. The number of hydrogen-bond donors (Lipinski definition) is 1. The molecule has 0 spiro atoms. The summed E-state index contributed by atoms with van der Waals surface area (Å²) in [5, 5.41) is 14.5. The molecule has 0 aliphatic rings. The van der Waals surface area contributed by atoms with Gasteiger partial charge in [0, 0.05) is 12.7 Å². The van der Waals surface area contributed by atoms with Gasteiger partial charge in [-0.15, -0.1) is 0 Å². The van der Waals surface area contributed by atoms with E-state index < -0.39 is 0 Å². The van der Waals surface area contributed by atoms with Crippen LogP contribution >= 0.6 is 0 Å². The minimum atomic E-state index is 0.570. The number of fused-ring (bicyclic) bond motifs is 1. The van der Waals surface area contributed by atoms with Crippen molar-refractivity contribution in [2.24, 2.45) is 0 Å². The molecule has 3 heteroatoms. The number of rotatable bonds is 3. The average Bonchev–Trinajstić information content (AvgIpc) is 2.53. The number of nitrogens with zero attached hydrogens (tertiary/aromatic N) is 2. The maximum absolute atomic E-state index is 8.74. The highest BCUT2D eigenvalue weighted by atomic mass is 15.0. The summed E-state index contributed by atoms with van der Waals surface area (Å²) < 4.78 is 0. The van der Waals surface area contributed by atoms with Gasteiger partial charge < -0.3 is 5.32 Å². The molecule has 3 aromatic rings. The van der Waals surface area contributed by atoms with Crippen molar-refractivity contribution in [2.75, 3.05) is 5.32 Å². The van der Waals surface area contributed by atoms with Gasteiger partial charge >= 0.3 is 0 Å². The van der Waals surface area contributed by atoms with Gasteiger partial charge in [0.1, 0.15) is 11.9 Å². The highest BCUT2D eigenvalue weighted by Crippen LogP contribution is 2.19. The molecule has 0 fully saturated rings. The summed E-state index contributed by atoms with van der Waals surface area (Å²) in [4.78, 5) is 4.21. The van der Waals surface area contributed by atoms with Crippen molar-refractivity contribution < 1.29 is 0 Å². The molecule has 96 valence electrons. The van der Waals surface area contributed by atoms with E-state index in [4.69, 9.17) is 5.26 Å². The zero-order valence-corrected chi connectivity index (χ0v) is 10.9. The molecular weight excluding hydrogens is 246 g/mol. The normalized spacial score (nSPS) is 10.2. The Labute approximate surface area is 117 Å². The molecule has 0 aliphatic heterocycles. The molecule has 0 atom stereocenters. The van der Waals surface area contributed by atoms with Crippen molar-refractivity contribution in [3.05, 3.63) is 71.9 Å². The Bertz CT molecular complexity index is 765. The van der Waals surface area contributed by atoms with E-state index >= 15 is 0 Å². The Morgan fingerprint density at radius 2 is 1.85 bits per heavy atom. The van der Waals surface area contributed by atoms with Crippen LogP contribution in [0.1, 0.15) is 11.1 Å². The largest absolute Gasteiger partial charge is 0.366 e. The molecule has 0 bridgehead atoms. The third-order valence-electron chi connectivity index (χ3n) is 3.23. The fraction of sp³-hybridized carbons (Fsp3) is 0.0588. The van der Waals surface area contributed by atoms with E-state index in [2.05, 4.69) is 46.7 Å². The van der Waals surface area contributed by atoms with Gasteiger partial charge in [-0.3, -0.25) is 0 Å². The topological polar surface area (TPSA) is 48.7 Å². The van der Waals surface area contributed by atoms with Gasteiger partial charge in [-0.2, -0.15) is 5.26 Å². The van der Waals surface area contributed by atoms with Gasteiger partial charge in [0.25, 0.3) is 0 Å². The molecule has 1 N–H and O–H groups in total. The number of nitrogens with one attached hydrogen (secondary N) is 1. The predicted octanol–water partition coefficient (Wildman–Crippen LogP) is 3.72. The van der Waals surface area contributed by atoms with Crippen LogP contribution in [0, 0.1) is 11.3 Å². The second-order valence-corrected chi connectivity index (χ2v) is 4.54. The van der Waals surface area contributed by atoms with Crippen molar-refractivity contribution in [1.82, 2.24) is 4.98 Å². The van der Waals surface area contributed by atoms with Gasteiger partial charge in [0.2, 0.25) is 0 Å². The minimum Gasteiger partial charge on any atom is -0.366 e. The van der Waals surface area contributed by atoms with Gasteiger partial charge in [0.15, 0.2) is 0 Å². The van der Waals surface area contributed by atoms with Gasteiger partial charge in [-0.1, -0.05) is 42.5 Å². The monoisotopic (exact) mass is 259 g/mol. The second kappa shape index (κ2) is 5.41. The van der Waals surface area contributed by atoms with E-state index in [-0.39, 0.29) is 0 Å². The molecule has 3 nitrogen and oxygen atoms in total. The van der Waals surface area contributed by atoms with Crippen LogP contribution in [0.2, 0.25) is 0 Å². The number of nitriles is 1. The number of aromatic nitrogens is 1. The molecule has 20 heavy (non-hydrogen) atoms. The van der Waals surface area contributed by atoms with Crippen LogP contribution in [-0.2, 0) is 6.54 Å². The second-order valence-electron chi connectivity index (χ2n) is 4.54. The van der Waals surface area contributed by atoms with Crippen molar-refractivity contribution in [3.63, 3.8) is 0 Å². The molecule has 0 radical (unpaired) electrons. The molecule has 3 rings (SSSR count). The number of anilines is 1. The summed E-state index contributed by atoms with van der Waals surface area (Å²) in [6.45, 7) is 0.709. The zero-order chi connectivity index (χ0) is 13.8. The molecule has 1 heterocycles. The van der Waals surface area contributed by atoms with Crippen molar-refractivity contribution >= 4 is 16.6 Å². The van der Waals surface area contributed by atoms with Crippen LogP contribution in [0.5, 0.6) is 0 Å². The molecule has 0 saturated carbocycles. The lowest BCUT2D eigenvalue weighted by atomic mass is 10.0. The van der Waals surface area contributed by atoms with Crippen LogP contribution < -0.4 is 5.32 Å². The van der Waals surface area contributed by atoms with Gasteiger partial charge in [-0.25, -0.2) is 4.98 Å². The summed E-state index contributed by atoms with van der Waals surface area (Å²) in [6.07, 6.45) is 1.57. The first-order valence-corrected chi connectivity index (χ1v) is 6.43. The summed E-state index contributed by atoms with van der Waals surface area (Å²) >= 11 is 0. The molecule has 0 saturated heterocycles. The van der Waals surface area contributed by atoms with Gasteiger partial charge in [0.05, 0.1) is 5.56 Å². The summed E-state index contributed by atoms with van der Waals surface area (Å²) in [5.41, 5.74) is 1.80. The minimum absolute atomic E-state index is 0.570. The van der Waals surface area contributed by atoms with E-state index in [1.54, 1.807) is 12.3 Å². The summed E-state index contributed by atoms with van der Waals surface area (Å²) in [5.74, 6) is 0.775. The predicted molar refractivity (Wildman–Crippen MR) is 80.2 cm³/mol. The molecule has 0 amide bonds. The highest BCUT2D eigenvalue weighted by molar-refractivity contribution is 5.85. The van der Waals surface area contributed by atoms with Crippen LogP contribution in [-0.4, -0.2) is 4.98 Å². The lowest BCUT2D eigenvalue weighted by Gasteiger charge is -2.08. The summed E-state index contributed by atoms with van der Waals surface area (Å²) in [6, 6.07) is 20.3. The number of hydrogen-bond acceptors (Lipinski definition) is 3. The number of pyridine rings is 1. The molecule has 0 aliphatic carbocycles. The molecule has 1 aromatic heterocycles. The smallest absolute Gasteiger partial charge is 0.126 e. The van der Waals surface area contributed by atoms with Crippen LogP contribution in [0.15, 0.2) is 60.8 Å².